The van der Waals surface area contributed by atoms with Crippen molar-refractivity contribution >= 4 is 38.6 Å². The number of benzene rings is 1. The zero-order valence-electron chi connectivity index (χ0n) is 12.2. The lowest BCUT2D eigenvalue weighted by Crippen LogP contribution is -2.11. The highest BCUT2D eigenvalue weighted by atomic mass is 35.5. The fourth-order valence-electron chi connectivity index (χ4n) is 1.85. The van der Waals surface area contributed by atoms with Crippen LogP contribution in [0.15, 0.2) is 38.4 Å². The van der Waals surface area contributed by atoms with Gasteiger partial charge in [-0.25, -0.2) is 8.42 Å². The number of halogens is 1. The number of aryl methyl sites for hydroxylation is 2. The summed E-state index contributed by atoms with van der Waals surface area (Å²) in [6.07, 6.45) is 0. The van der Waals surface area contributed by atoms with Crippen molar-refractivity contribution in [2.45, 2.75) is 18.1 Å². The van der Waals surface area contributed by atoms with Gasteiger partial charge >= 0.3 is 0 Å². The van der Waals surface area contributed by atoms with Crippen molar-refractivity contribution in [2.75, 3.05) is 4.72 Å². The first kappa shape index (κ1) is 16.0. The van der Waals surface area contributed by atoms with Crippen LogP contribution in [0.4, 0.5) is 5.69 Å². The molecule has 3 rings (SSSR count). The van der Waals surface area contributed by atoms with Crippen molar-refractivity contribution in [1.29, 1.82) is 0 Å². The van der Waals surface area contributed by atoms with Gasteiger partial charge in [0.05, 0.1) is 5.69 Å². The van der Waals surface area contributed by atoms with Crippen molar-refractivity contribution in [3.8, 4) is 11.4 Å². The normalized spacial score (nSPS) is 11.6. The van der Waals surface area contributed by atoms with Gasteiger partial charge in [0.2, 0.25) is 11.7 Å². The summed E-state index contributed by atoms with van der Waals surface area (Å²) >= 11 is 7.10. The number of nitrogens with one attached hydrogen (secondary N) is 1. The lowest BCUT2D eigenvalue weighted by Gasteiger charge is -2.07. The SMILES string of the molecule is Cc1nc(-c2csc(S(=O)(=O)Nc3ccc(C)c(Cl)c3)c2)no1. The predicted molar refractivity (Wildman–Crippen MR) is 89.3 cm³/mol. The molecule has 0 aliphatic heterocycles. The number of anilines is 1. The molecule has 2 aromatic heterocycles. The molecule has 1 aromatic carbocycles. The molecule has 9 heteroatoms. The number of hydrogen-bond donors (Lipinski definition) is 1. The van der Waals surface area contributed by atoms with Crippen LogP contribution in [0.1, 0.15) is 11.5 Å². The van der Waals surface area contributed by atoms with Crippen LogP contribution in [-0.2, 0) is 10.0 Å². The average Bonchev–Trinajstić information content (AvgIpc) is 3.11. The Morgan fingerprint density at radius 2 is 2.04 bits per heavy atom. The summed E-state index contributed by atoms with van der Waals surface area (Å²) in [5.74, 6) is 0.779. The number of hydrogen-bond acceptors (Lipinski definition) is 6. The van der Waals surface area contributed by atoms with Crippen LogP contribution >= 0.6 is 22.9 Å². The van der Waals surface area contributed by atoms with Gasteiger partial charge in [0.25, 0.3) is 10.0 Å². The van der Waals surface area contributed by atoms with Gasteiger partial charge < -0.3 is 4.52 Å². The van der Waals surface area contributed by atoms with E-state index in [2.05, 4.69) is 14.9 Å². The van der Waals surface area contributed by atoms with Crippen LogP contribution in [0.3, 0.4) is 0 Å². The second-order valence-electron chi connectivity index (χ2n) is 4.86. The first-order valence-electron chi connectivity index (χ1n) is 6.53. The van der Waals surface area contributed by atoms with Gasteiger partial charge in [0, 0.05) is 22.9 Å². The number of aromatic nitrogens is 2. The topological polar surface area (TPSA) is 85.1 Å². The van der Waals surface area contributed by atoms with E-state index in [4.69, 9.17) is 16.1 Å². The number of nitrogens with zero attached hydrogens (tertiary/aromatic N) is 2. The first-order valence-corrected chi connectivity index (χ1v) is 9.27. The molecule has 0 bridgehead atoms. The minimum Gasteiger partial charge on any atom is -0.339 e. The molecule has 0 spiro atoms. The summed E-state index contributed by atoms with van der Waals surface area (Å²) in [4.78, 5) is 4.08. The van der Waals surface area contributed by atoms with E-state index >= 15 is 0 Å². The Labute approximate surface area is 142 Å². The van der Waals surface area contributed by atoms with E-state index in [9.17, 15) is 8.42 Å². The third-order valence-corrected chi connectivity index (χ3v) is 6.28. The van der Waals surface area contributed by atoms with E-state index in [1.165, 1.54) is 6.07 Å². The average molecular weight is 370 g/mol. The van der Waals surface area contributed by atoms with Crippen LogP contribution in [0.2, 0.25) is 5.02 Å². The highest BCUT2D eigenvalue weighted by Crippen LogP contribution is 2.29. The third kappa shape index (κ3) is 3.39. The fourth-order valence-corrected chi connectivity index (χ4v) is 4.24. The fraction of sp³-hybridized carbons (Fsp3) is 0.143. The van der Waals surface area contributed by atoms with Crippen LogP contribution in [0.5, 0.6) is 0 Å². The maximum absolute atomic E-state index is 12.4. The maximum Gasteiger partial charge on any atom is 0.271 e. The lowest BCUT2D eigenvalue weighted by molar-refractivity contribution is 0.394. The van der Waals surface area contributed by atoms with Crippen molar-refractivity contribution < 1.29 is 12.9 Å². The van der Waals surface area contributed by atoms with Crippen molar-refractivity contribution in [3.63, 3.8) is 0 Å². The summed E-state index contributed by atoms with van der Waals surface area (Å²) in [7, 11) is -3.70. The van der Waals surface area contributed by atoms with E-state index in [1.54, 1.807) is 30.5 Å². The minimum absolute atomic E-state index is 0.159. The molecule has 1 N–H and O–H groups in total. The quantitative estimate of drug-likeness (QED) is 0.754. The smallest absolute Gasteiger partial charge is 0.271 e. The minimum atomic E-state index is -3.70. The predicted octanol–water partition coefficient (Wildman–Crippen LogP) is 3.87. The van der Waals surface area contributed by atoms with Crippen molar-refractivity contribution in [2.24, 2.45) is 0 Å². The van der Waals surface area contributed by atoms with Gasteiger partial charge in [-0.1, -0.05) is 22.8 Å². The van der Waals surface area contributed by atoms with Gasteiger partial charge in [-0.3, -0.25) is 4.72 Å². The molecule has 6 nitrogen and oxygen atoms in total. The van der Waals surface area contributed by atoms with Gasteiger partial charge in [-0.15, -0.1) is 11.3 Å². The van der Waals surface area contributed by atoms with Crippen LogP contribution < -0.4 is 4.72 Å². The zero-order valence-corrected chi connectivity index (χ0v) is 14.6. The maximum atomic E-state index is 12.4. The van der Waals surface area contributed by atoms with Crippen molar-refractivity contribution in [1.82, 2.24) is 10.1 Å². The first-order chi connectivity index (χ1) is 10.8. The molecule has 3 aromatic rings. The second-order valence-corrected chi connectivity index (χ2v) is 8.09. The van der Waals surface area contributed by atoms with Crippen LogP contribution in [-0.4, -0.2) is 18.6 Å². The van der Waals surface area contributed by atoms with Gasteiger partial charge in [0.15, 0.2) is 0 Å². The molecule has 0 atom stereocenters. The lowest BCUT2D eigenvalue weighted by atomic mass is 10.2. The molecule has 0 saturated heterocycles. The Bertz CT molecular complexity index is 963. The van der Waals surface area contributed by atoms with E-state index in [1.807, 2.05) is 6.92 Å². The second kappa shape index (κ2) is 5.95. The van der Waals surface area contributed by atoms with Crippen LogP contribution in [0.25, 0.3) is 11.4 Å². The van der Waals surface area contributed by atoms with E-state index in [-0.39, 0.29) is 4.21 Å². The number of thiophene rings is 1. The third-order valence-electron chi connectivity index (χ3n) is 3.05. The summed E-state index contributed by atoms with van der Waals surface area (Å²) in [5, 5.41) is 5.94. The zero-order chi connectivity index (χ0) is 16.6. The molecule has 0 radical (unpaired) electrons. The highest BCUT2D eigenvalue weighted by molar-refractivity contribution is 7.94. The number of sulfonamides is 1. The largest absolute Gasteiger partial charge is 0.339 e. The molecule has 2 heterocycles. The van der Waals surface area contributed by atoms with Gasteiger partial charge in [-0.2, -0.15) is 4.98 Å². The van der Waals surface area contributed by atoms with E-state index in [0.29, 0.717) is 28.0 Å². The Balaban J connectivity index is 1.88. The molecule has 0 unspecified atom stereocenters. The molecule has 0 fully saturated rings. The standard InChI is InChI=1S/C14H12ClN3O3S2/c1-8-3-4-11(6-12(8)15)18-23(19,20)13-5-10(7-22-13)14-16-9(2)21-17-14/h3-7,18H,1-2H3. The Morgan fingerprint density at radius 1 is 1.26 bits per heavy atom. The van der Waals surface area contributed by atoms with Crippen LogP contribution in [0, 0.1) is 13.8 Å². The van der Waals surface area contributed by atoms with E-state index in [0.717, 1.165) is 16.9 Å². The molecule has 120 valence electrons. The monoisotopic (exact) mass is 369 g/mol. The summed E-state index contributed by atoms with van der Waals surface area (Å²) in [6, 6.07) is 6.50. The van der Waals surface area contributed by atoms with Gasteiger partial charge in [-0.05, 0) is 30.7 Å². The summed E-state index contributed by atoms with van der Waals surface area (Å²) < 4.78 is 32.4. The molecule has 0 saturated carbocycles. The number of rotatable bonds is 4. The Hall–Kier alpha value is -1.90. The molecule has 0 amide bonds. The highest BCUT2D eigenvalue weighted by Gasteiger charge is 2.19. The summed E-state index contributed by atoms with van der Waals surface area (Å²) in [6.45, 7) is 3.52. The molecule has 0 aliphatic carbocycles. The van der Waals surface area contributed by atoms with Crippen molar-refractivity contribution in [3.05, 3.63) is 46.1 Å². The van der Waals surface area contributed by atoms with E-state index < -0.39 is 10.0 Å². The molecule has 23 heavy (non-hydrogen) atoms. The Kier molecular flexibility index (Phi) is 4.13. The summed E-state index contributed by atoms with van der Waals surface area (Å²) in [5.41, 5.74) is 1.88. The molecule has 0 aliphatic rings. The Morgan fingerprint density at radius 3 is 2.70 bits per heavy atom. The molecular formula is C14H12ClN3O3S2. The van der Waals surface area contributed by atoms with Gasteiger partial charge in [0.1, 0.15) is 4.21 Å². The molecular weight excluding hydrogens is 358 g/mol.